The summed E-state index contributed by atoms with van der Waals surface area (Å²) in [6, 6.07) is 7.62. The third-order valence-corrected chi connectivity index (χ3v) is 4.72. The van der Waals surface area contributed by atoms with E-state index in [4.69, 9.17) is 9.47 Å². The van der Waals surface area contributed by atoms with Crippen LogP contribution in [0.2, 0.25) is 0 Å². The van der Waals surface area contributed by atoms with E-state index in [0.29, 0.717) is 17.5 Å². The summed E-state index contributed by atoms with van der Waals surface area (Å²) in [6.07, 6.45) is 11.5. The van der Waals surface area contributed by atoms with E-state index in [1.54, 1.807) is 19.5 Å². The van der Waals surface area contributed by atoms with Crippen molar-refractivity contribution in [2.24, 2.45) is 5.41 Å². The first kappa shape index (κ1) is 21.4. The Hall–Kier alpha value is -2.88. The zero-order valence-corrected chi connectivity index (χ0v) is 17.5. The normalized spacial score (nSPS) is 12.2. The fourth-order valence-corrected chi connectivity index (χ4v) is 2.93. The van der Waals surface area contributed by atoms with Crippen molar-refractivity contribution in [2.75, 3.05) is 7.11 Å². The first-order chi connectivity index (χ1) is 13.4. The average molecular weight is 379 g/mol. The second kappa shape index (κ2) is 9.88. The van der Waals surface area contributed by atoms with Gasteiger partial charge in [0, 0.05) is 23.5 Å². The van der Waals surface area contributed by atoms with Crippen molar-refractivity contribution in [3.8, 4) is 22.9 Å². The molecule has 0 amide bonds. The molecule has 148 valence electrons. The number of hydrogen-bond donors (Lipinski definition) is 0. The van der Waals surface area contributed by atoms with Gasteiger partial charge in [0.25, 0.3) is 0 Å². The van der Waals surface area contributed by atoms with Gasteiger partial charge in [0.1, 0.15) is 5.76 Å². The molecule has 0 N–H and O–H groups in total. The standard InChI is InChI=1S/C24H30N2O2/c1-7-15-24(4,5)18(3)13-14-19(8-2)28-23-21(12-10-17-26-23)20-11-9-16-25-22(20)27-6/h8-14,16-17H,3,7,15H2,1-2,4-6H3/b14-13-,19-8+. The Bertz CT molecular complexity index is 866. The third kappa shape index (κ3) is 5.32. The van der Waals surface area contributed by atoms with Crippen molar-refractivity contribution in [1.82, 2.24) is 9.97 Å². The maximum absolute atomic E-state index is 6.11. The fraction of sp³-hybridized carbons (Fsp3) is 0.333. The number of hydrogen-bond acceptors (Lipinski definition) is 4. The van der Waals surface area contributed by atoms with Crippen molar-refractivity contribution in [2.45, 2.75) is 40.5 Å². The van der Waals surface area contributed by atoms with E-state index >= 15 is 0 Å². The zero-order chi connectivity index (χ0) is 20.6. The lowest BCUT2D eigenvalue weighted by molar-refractivity contribution is 0.398. The molecule has 0 aromatic carbocycles. The molecule has 2 heterocycles. The average Bonchev–Trinajstić information content (AvgIpc) is 2.71. The van der Waals surface area contributed by atoms with Gasteiger partial charge in [0.05, 0.1) is 7.11 Å². The van der Waals surface area contributed by atoms with Crippen molar-refractivity contribution in [1.29, 1.82) is 0 Å². The summed E-state index contributed by atoms with van der Waals surface area (Å²) in [5.74, 6) is 1.74. The van der Waals surface area contributed by atoms with Crippen molar-refractivity contribution in [3.05, 3.63) is 72.8 Å². The highest BCUT2D eigenvalue weighted by Gasteiger charge is 2.19. The molecule has 4 heteroatoms. The minimum Gasteiger partial charge on any atom is -0.481 e. The SMILES string of the molecule is C=C(/C=C\C(=C/C)Oc1ncccc1-c1cccnc1OC)C(C)(C)CCC. The van der Waals surface area contributed by atoms with Crippen LogP contribution >= 0.6 is 0 Å². The van der Waals surface area contributed by atoms with Gasteiger partial charge in [-0.3, -0.25) is 0 Å². The Morgan fingerprint density at radius 1 is 1.07 bits per heavy atom. The summed E-state index contributed by atoms with van der Waals surface area (Å²) < 4.78 is 11.5. The molecular formula is C24H30N2O2. The predicted molar refractivity (Wildman–Crippen MR) is 115 cm³/mol. The molecule has 0 unspecified atom stereocenters. The third-order valence-electron chi connectivity index (χ3n) is 4.72. The molecule has 0 saturated carbocycles. The van der Waals surface area contributed by atoms with Crippen LogP contribution in [0.15, 0.2) is 72.8 Å². The molecule has 0 radical (unpaired) electrons. The van der Waals surface area contributed by atoms with E-state index in [0.717, 1.165) is 29.5 Å². The second-order valence-corrected chi connectivity index (χ2v) is 7.20. The number of methoxy groups -OCH3 is 1. The molecule has 2 aromatic heterocycles. The smallest absolute Gasteiger partial charge is 0.227 e. The second-order valence-electron chi connectivity index (χ2n) is 7.20. The molecule has 0 saturated heterocycles. The van der Waals surface area contributed by atoms with Gasteiger partial charge in [-0.05, 0) is 60.8 Å². The topological polar surface area (TPSA) is 44.2 Å². The molecule has 0 fully saturated rings. The first-order valence-corrected chi connectivity index (χ1v) is 9.59. The quantitative estimate of drug-likeness (QED) is 0.375. The van der Waals surface area contributed by atoms with Crippen molar-refractivity contribution >= 4 is 0 Å². The summed E-state index contributed by atoms with van der Waals surface area (Å²) >= 11 is 0. The summed E-state index contributed by atoms with van der Waals surface area (Å²) in [7, 11) is 1.60. The lowest BCUT2D eigenvalue weighted by Crippen LogP contribution is -2.12. The molecule has 28 heavy (non-hydrogen) atoms. The van der Waals surface area contributed by atoms with Gasteiger partial charge in [-0.25, -0.2) is 9.97 Å². The predicted octanol–water partition coefficient (Wildman–Crippen LogP) is 6.37. The molecule has 0 spiro atoms. The summed E-state index contributed by atoms with van der Waals surface area (Å²) in [5.41, 5.74) is 2.79. The van der Waals surface area contributed by atoms with Crippen LogP contribution in [-0.2, 0) is 0 Å². The Morgan fingerprint density at radius 3 is 2.25 bits per heavy atom. The van der Waals surface area contributed by atoms with E-state index in [9.17, 15) is 0 Å². The minimum atomic E-state index is 0.0589. The molecule has 0 atom stereocenters. The molecule has 0 aliphatic heterocycles. The number of ether oxygens (including phenoxy) is 2. The van der Waals surface area contributed by atoms with Crippen LogP contribution < -0.4 is 9.47 Å². The Kier molecular flexibility index (Phi) is 7.56. The lowest BCUT2D eigenvalue weighted by atomic mass is 9.81. The summed E-state index contributed by atoms with van der Waals surface area (Å²) in [6.45, 7) is 12.8. The maximum atomic E-state index is 6.11. The first-order valence-electron chi connectivity index (χ1n) is 9.59. The van der Waals surface area contributed by atoms with E-state index in [-0.39, 0.29) is 5.41 Å². The summed E-state index contributed by atoms with van der Waals surface area (Å²) in [5, 5.41) is 0. The van der Waals surface area contributed by atoms with Gasteiger partial charge in [0.2, 0.25) is 11.8 Å². The maximum Gasteiger partial charge on any atom is 0.227 e. The molecule has 0 aliphatic rings. The van der Waals surface area contributed by atoms with Gasteiger partial charge < -0.3 is 9.47 Å². The van der Waals surface area contributed by atoms with Gasteiger partial charge in [0.15, 0.2) is 0 Å². The van der Waals surface area contributed by atoms with E-state index < -0.39 is 0 Å². The number of allylic oxidation sites excluding steroid dienone is 4. The van der Waals surface area contributed by atoms with Crippen LogP contribution in [0.3, 0.4) is 0 Å². The van der Waals surface area contributed by atoms with Gasteiger partial charge in [-0.1, -0.05) is 39.8 Å². The largest absolute Gasteiger partial charge is 0.481 e. The summed E-state index contributed by atoms with van der Waals surface area (Å²) in [4.78, 5) is 8.69. The van der Waals surface area contributed by atoms with Crippen LogP contribution in [0.1, 0.15) is 40.5 Å². The molecule has 0 aliphatic carbocycles. The molecule has 4 nitrogen and oxygen atoms in total. The fourth-order valence-electron chi connectivity index (χ4n) is 2.93. The van der Waals surface area contributed by atoms with Gasteiger partial charge >= 0.3 is 0 Å². The molecule has 0 bridgehead atoms. The minimum absolute atomic E-state index is 0.0589. The number of rotatable bonds is 9. The van der Waals surface area contributed by atoms with Crippen molar-refractivity contribution in [3.63, 3.8) is 0 Å². The van der Waals surface area contributed by atoms with Crippen LogP contribution in [0, 0.1) is 5.41 Å². The Labute approximate surface area is 168 Å². The Morgan fingerprint density at radius 2 is 1.68 bits per heavy atom. The van der Waals surface area contributed by atoms with Crippen LogP contribution in [0.5, 0.6) is 11.8 Å². The van der Waals surface area contributed by atoms with Crippen LogP contribution in [0.4, 0.5) is 0 Å². The van der Waals surface area contributed by atoms with Crippen LogP contribution in [0.25, 0.3) is 11.1 Å². The molecule has 2 rings (SSSR count). The lowest BCUT2D eigenvalue weighted by Gasteiger charge is -2.24. The molecule has 2 aromatic rings. The van der Waals surface area contributed by atoms with Gasteiger partial charge in [-0.2, -0.15) is 0 Å². The monoisotopic (exact) mass is 378 g/mol. The van der Waals surface area contributed by atoms with E-state index in [1.807, 2.05) is 49.4 Å². The molecular weight excluding hydrogens is 348 g/mol. The highest BCUT2D eigenvalue weighted by atomic mass is 16.5. The van der Waals surface area contributed by atoms with E-state index in [1.165, 1.54) is 0 Å². The van der Waals surface area contributed by atoms with Crippen LogP contribution in [-0.4, -0.2) is 17.1 Å². The Balaban J connectivity index is 2.28. The highest BCUT2D eigenvalue weighted by Crippen LogP contribution is 2.35. The zero-order valence-electron chi connectivity index (χ0n) is 17.5. The van der Waals surface area contributed by atoms with E-state index in [2.05, 4.69) is 37.3 Å². The number of aromatic nitrogens is 2. The number of nitrogens with zero attached hydrogens (tertiary/aromatic N) is 2. The van der Waals surface area contributed by atoms with Crippen molar-refractivity contribution < 1.29 is 9.47 Å². The highest BCUT2D eigenvalue weighted by molar-refractivity contribution is 5.72. The van der Waals surface area contributed by atoms with Gasteiger partial charge in [-0.15, -0.1) is 0 Å². The number of pyridine rings is 2.